The molecule has 1 heterocycles. The van der Waals surface area contributed by atoms with Gasteiger partial charge in [0.25, 0.3) is 0 Å². The quantitative estimate of drug-likeness (QED) is 0.808. The molecule has 2 aromatic rings. The molecule has 7 heteroatoms. The van der Waals surface area contributed by atoms with Gasteiger partial charge in [-0.15, -0.1) is 0 Å². The van der Waals surface area contributed by atoms with Gasteiger partial charge in [-0.2, -0.15) is 0 Å². The van der Waals surface area contributed by atoms with Crippen molar-refractivity contribution < 1.29 is 23.7 Å². The van der Waals surface area contributed by atoms with Crippen LogP contribution in [0.2, 0.25) is 0 Å². The van der Waals surface area contributed by atoms with Crippen molar-refractivity contribution in [3.8, 4) is 23.0 Å². The second-order valence-corrected chi connectivity index (χ2v) is 6.83. The predicted octanol–water partition coefficient (Wildman–Crippen LogP) is 3.81. The Labute approximate surface area is 152 Å². The number of amides is 1. The zero-order chi connectivity index (χ0) is 18.7. The molecule has 0 atom stereocenters. The molecule has 7 nitrogen and oxygen atoms in total. The number of ether oxygens (including phenoxy) is 4. The normalized spacial score (nSPS) is 12.6. The van der Waals surface area contributed by atoms with E-state index in [9.17, 15) is 4.79 Å². The van der Waals surface area contributed by atoms with E-state index in [1.54, 1.807) is 57.2 Å². The molecule has 0 aliphatic carbocycles. The second kappa shape index (κ2) is 7.03. The molecular weight excluding hydrogens is 336 g/mol. The molecule has 3 N–H and O–H groups in total. The van der Waals surface area contributed by atoms with Crippen LogP contribution in [-0.2, 0) is 11.3 Å². The lowest BCUT2D eigenvalue weighted by molar-refractivity contribution is 0.0523. The maximum atomic E-state index is 11.8. The Bertz CT molecular complexity index is 814. The highest BCUT2D eigenvalue weighted by molar-refractivity contribution is 5.68. The van der Waals surface area contributed by atoms with E-state index in [2.05, 4.69) is 5.32 Å². The van der Waals surface area contributed by atoms with Gasteiger partial charge in [0.05, 0.1) is 0 Å². The smallest absolute Gasteiger partial charge is 0.407 e. The third-order valence-corrected chi connectivity index (χ3v) is 3.52. The number of fused-ring (bicyclic) bond motifs is 1. The number of hydrogen-bond donors (Lipinski definition) is 2. The highest BCUT2D eigenvalue weighted by Crippen LogP contribution is 2.36. The molecule has 0 radical (unpaired) electrons. The zero-order valence-electron chi connectivity index (χ0n) is 15.0. The van der Waals surface area contributed by atoms with E-state index in [-0.39, 0.29) is 13.3 Å². The molecule has 1 amide bonds. The van der Waals surface area contributed by atoms with E-state index in [1.165, 1.54) is 0 Å². The van der Waals surface area contributed by atoms with Crippen LogP contribution >= 0.6 is 0 Å². The second-order valence-electron chi connectivity index (χ2n) is 6.83. The molecule has 0 unspecified atom stereocenters. The van der Waals surface area contributed by atoms with Crippen molar-refractivity contribution in [2.75, 3.05) is 12.5 Å². The fraction of sp³-hybridized carbons (Fsp3) is 0.316. The summed E-state index contributed by atoms with van der Waals surface area (Å²) in [5.41, 5.74) is 6.72. The average molecular weight is 358 g/mol. The molecule has 0 saturated carbocycles. The third kappa shape index (κ3) is 4.50. The largest absolute Gasteiger partial charge is 0.457 e. The summed E-state index contributed by atoms with van der Waals surface area (Å²) in [4.78, 5) is 11.8. The molecule has 138 valence electrons. The van der Waals surface area contributed by atoms with Gasteiger partial charge in [0, 0.05) is 18.3 Å². The molecular formula is C19H22N2O5. The number of nitrogens with two attached hydrogens (primary N) is 1. The average Bonchev–Trinajstić information content (AvgIpc) is 3.01. The Morgan fingerprint density at radius 3 is 2.58 bits per heavy atom. The molecule has 0 aromatic heterocycles. The first kappa shape index (κ1) is 17.7. The minimum Gasteiger partial charge on any atom is -0.457 e. The number of carbonyl (C=O) groups excluding carboxylic acids is 1. The Balaban J connectivity index is 1.66. The maximum Gasteiger partial charge on any atom is 0.407 e. The molecule has 1 aliphatic heterocycles. The van der Waals surface area contributed by atoms with Crippen LogP contribution in [0.3, 0.4) is 0 Å². The summed E-state index contributed by atoms with van der Waals surface area (Å²) in [6.45, 7) is 5.86. The molecule has 0 fully saturated rings. The summed E-state index contributed by atoms with van der Waals surface area (Å²) >= 11 is 0. The highest BCUT2D eigenvalue weighted by Gasteiger charge is 2.17. The van der Waals surface area contributed by atoms with Crippen LogP contribution in [0.4, 0.5) is 10.5 Å². The monoisotopic (exact) mass is 358 g/mol. The van der Waals surface area contributed by atoms with Crippen molar-refractivity contribution in [3.63, 3.8) is 0 Å². The first-order valence-electron chi connectivity index (χ1n) is 8.23. The number of alkyl carbamates (subject to hydrolysis) is 1. The number of nitrogen functional groups attached to an aromatic ring is 1. The highest BCUT2D eigenvalue weighted by atomic mass is 16.7. The number of hydrogen-bond acceptors (Lipinski definition) is 6. The number of carbonyl (C=O) groups is 1. The van der Waals surface area contributed by atoms with Crippen LogP contribution < -0.4 is 25.3 Å². The fourth-order valence-corrected chi connectivity index (χ4v) is 2.36. The number of nitrogens with one attached hydrogen (secondary N) is 1. The Kier molecular flexibility index (Phi) is 4.79. The summed E-state index contributed by atoms with van der Waals surface area (Å²) in [7, 11) is 0. The van der Waals surface area contributed by atoms with E-state index in [0.717, 1.165) is 5.56 Å². The van der Waals surface area contributed by atoms with E-state index < -0.39 is 11.7 Å². The number of rotatable bonds is 4. The minimum absolute atomic E-state index is 0.209. The van der Waals surface area contributed by atoms with Crippen molar-refractivity contribution >= 4 is 11.8 Å². The van der Waals surface area contributed by atoms with Gasteiger partial charge in [0.15, 0.2) is 11.5 Å². The van der Waals surface area contributed by atoms with Gasteiger partial charge < -0.3 is 30.0 Å². The van der Waals surface area contributed by atoms with Gasteiger partial charge >= 0.3 is 6.09 Å². The van der Waals surface area contributed by atoms with E-state index in [4.69, 9.17) is 24.7 Å². The van der Waals surface area contributed by atoms with Crippen LogP contribution in [0.25, 0.3) is 0 Å². The zero-order valence-corrected chi connectivity index (χ0v) is 15.0. The van der Waals surface area contributed by atoms with Gasteiger partial charge in [0.1, 0.15) is 17.1 Å². The molecule has 3 rings (SSSR count). The van der Waals surface area contributed by atoms with Crippen LogP contribution in [0.15, 0.2) is 36.4 Å². The summed E-state index contributed by atoms with van der Waals surface area (Å²) < 4.78 is 21.7. The lowest BCUT2D eigenvalue weighted by Crippen LogP contribution is -2.32. The lowest BCUT2D eigenvalue weighted by Gasteiger charge is -2.20. The first-order chi connectivity index (χ1) is 12.3. The van der Waals surface area contributed by atoms with Crippen LogP contribution in [0.5, 0.6) is 23.0 Å². The van der Waals surface area contributed by atoms with Crippen molar-refractivity contribution in [2.45, 2.75) is 32.9 Å². The first-order valence-corrected chi connectivity index (χ1v) is 8.23. The SMILES string of the molecule is CC(C)(C)OC(=O)NCc1cc(Oc2ccc3c(c2)OCO3)ccc1N. The molecule has 0 saturated heterocycles. The third-order valence-electron chi connectivity index (χ3n) is 3.52. The van der Waals surface area contributed by atoms with Crippen molar-refractivity contribution in [2.24, 2.45) is 0 Å². The van der Waals surface area contributed by atoms with Gasteiger partial charge in [-0.1, -0.05) is 0 Å². The van der Waals surface area contributed by atoms with Crippen LogP contribution in [-0.4, -0.2) is 18.5 Å². The molecule has 0 bridgehead atoms. The summed E-state index contributed by atoms with van der Waals surface area (Å²) in [5, 5.41) is 2.69. The topological polar surface area (TPSA) is 92.0 Å². The molecule has 0 spiro atoms. The maximum absolute atomic E-state index is 11.8. The van der Waals surface area contributed by atoms with Crippen LogP contribution in [0.1, 0.15) is 26.3 Å². The van der Waals surface area contributed by atoms with Crippen LogP contribution in [0, 0.1) is 0 Å². The minimum atomic E-state index is -0.556. The predicted molar refractivity (Wildman–Crippen MR) is 96.6 cm³/mol. The Morgan fingerprint density at radius 1 is 1.12 bits per heavy atom. The van der Waals surface area contributed by atoms with Crippen molar-refractivity contribution in [1.29, 1.82) is 0 Å². The number of benzene rings is 2. The van der Waals surface area contributed by atoms with Crippen molar-refractivity contribution in [1.82, 2.24) is 5.32 Å². The Hall–Kier alpha value is -3.09. The van der Waals surface area contributed by atoms with Crippen molar-refractivity contribution in [3.05, 3.63) is 42.0 Å². The molecule has 2 aromatic carbocycles. The molecule has 1 aliphatic rings. The van der Waals surface area contributed by atoms with E-state index >= 15 is 0 Å². The van der Waals surface area contributed by atoms with Gasteiger partial charge in [-0.3, -0.25) is 0 Å². The van der Waals surface area contributed by atoms with E-state index in [0.29, 0.717) is 28.7 Å². The van der Waals surface area contributed by atoms with Gasteiger partial charge in [-0.25, -0.2) is 4.79 Å². The standard InChI is InChI=1S/C19H22N2O5/c1-19(2,3)26-18(22)21-10-12-8-13(4-6-15(12)20)25-14-5-7-16-17(9-14)24-11-23-16/h4-9H,10-11,20H2,1-3H3,(H,21,22). The van der Waals surface area contributed by atoms with E-state index in [1.807, 2.05) is 0 Å². The summed E-state index contributed by atoms with van der Waals surface area (Å²) in [6.07, 6.45) is -0.501. The van der Waals surface area contributed by atoms with Gasteiger partial charge in [0.2, 0.25) is 6.79 Å². The molecule has 26 heavy (non-hydrogen) atoms. The lowest BCUT2D eigenvalue weighted by atomic mass is 10.1. The van der Waals surface area contributed by atoms with Gasteiger partial charge in [-0.05, 0) is 56.7 Å². The summed E-state index contributed by atoms with van der Waals surface area (Å²) in [6, 6.07) is 10.6. The fourth-order valence-electron chi connectivity index (χ4n) is 2.36. The Morgan fingerprint density at radius 2 is 1.81 bits per heavy atom. The summed E-state index contributed by atoms with van der Waals surface area (Å²) in [5.74, 6) is 2.55. The number of anilines is 1.